The molecule has 0 fully saturated rings. The first kappa shape index (κ1) is 16.4. The molecule has 1 N–H and O–H groups in total. The molecule has 0 saturated heterocycles. The Labute approximate surface area is 127 Å². The van der Waals surface area contributed by atoms with Crippen molar-refractivity contribution >= 4 is 15.7 Å². The Morgan fingerprint density at radius 2 is 1.73 bits per heavy atom. The summed E-state index contributed by atoms with van der Waals surface area (Å²) in [7, 11) is -4.27. The first-order valence-corrected chi connectivity index (χ1v) is 8.04. The lowest BCUT2D eigenvalue weighted by atomic mass is 10.3. The van der Waals surface area contributed by atoms with Crippen LogP contribution in [-0.4, -0.2) is 26.7 Å². The quantitative estimate of drug-likeness (QED) is 0.887. The van der Waals surface area contributed by atoms with Crippen LogP contribution in [0.3, 0.4) is 0 Å². The molecular formula is C15H15F2NO3S. The number of rotatable bonds is 6. The molecule has 22 heavy (non-hydrogen) atoms. The molecule has 0 aliphatic rings. The minimum absolute atomic E-state index is 0.0429. The van der Waals surface area contributed by atoms with Crippen molar-refractivity contribution in [1.82, 2.24) is 0 Å². The molecule has 0 radical (unpaired) electrons. The maximum absolute atomic E-state index is 13.8. The fraction of sp³-hybridized carbons (Fsp3) is 0.200. The summed E-state index contributed by atoms with van der Waals surface area (Å²) in [5, 5.41) is 8.94. The molecule has 0 heterocycles. The second-order valence-electron chi connectivity index (χ2n) is 4.56. The maximum atomic E-state index is 13.8. The van der Waals surface area contributed by atoms with E-state index in [0.29, 0.717) is 11.8 Å². The number of aliphatic hydroxyl groups is 1. The van der Waals surface area contributed by atoms with Gasteiger partial charge in [-0.25, -0.2) is 17.2 Å². The fourth-order valence-electron chi connectivity index (χ4n) is 1.99. The molecule has 0 aliphatic carbocycles. The highest BCUT2D eigenvalue weighted by Gasteiger charge is 2.28. The summed E-state index contributed by atoms with van der Waals surface area (Å²) in [6.45, 7) is -0.261. The lowest BCUT2D eigenvalue weighted by Gasteiger charge is -2.24. The van der Waals surface area contributed by atoms with E-state index in [1.54, 1.807) is 30.3 Å². The van der Waals surface area contributed by atoms with Crippen molar-refractivity contribution in [2.24, 2.45) is 0 Å². The number of benzene rings is 2. The molecule has 0 aromatic heterocycles. The highest BCUT2D eigenvalue weighted by atomic mass is 32.2. The van der Waals surface area contributed by atoms with Gasteiger partial charge in [-0.15, -0.1) is 0 Å². The molecule has 0 amide bonds. The van der Waals surface area contributed by atoms with Crippen LogP contribution in [0.1, 0.15) is 6.42 Å². The van der Waals surface area contributed by atoms with Crippen molar-refractivity contribution in [1.29, 1.82) is 0 Å². The van der Waals surface area contributed by atoms with Crippen molar-refractivity contribution in [2.45, 2.75) is 11.3 Å². The van der Waals surface area contributed by atoms with E-state index in [-0.39, 0.29) is 19.6 Å². The van der Waals surface area contributed by atoms with Gasteiger partial charge in [0.1, 0.15) is 16.5 Å². The summed E-state index contributed by atoms with van der Waals surface area (Å²) >= 11 is 0. The molecule has 7 heteroatoms. The van der Waals surface area contributed by atoms with Gasteiger partial charge in [0.2, 0.25) is 0 Å². The van der Waals surface area contributed by atoms with Crippen LogP contribution in [-0.2, 0) is 10.0 Å². The first-order valence-electron chi connectivity index (χ1n) is 6.60. The predicted octanol–water partition coefficient (Wildman–Crippen LogP) is 2.54. The van der Waals surface area contributed by atoms with Gasteiger partial charge < -0.3 is 5.11 Å². The summed E-state index contributed by atoms with van der Waals surface area (Å²) in [6, 6.07) is 10.4. The van der Waals surface area contributed by atoms with E-state index < -0.39 is 26.6 Å². The van der Waals surface area contributed by atoms with Crippen LogP contribution in [0.4, 0.5) is 14.5 Å². The van der Waals surface area contributed by atoms with Gasteiger partial charge in [0, 0.05) is 13.2 Å². The van der Waals surface area contributed by atoms with Crippen molar-refractivity contribution in [3.8, 4) is 0 Å². The number of nitrogens with zero attached hydrogens (tertiary/aromatic N) is 1. The lowest BCUT2D eigenvalue weighted by Crippen LogP contribution is -2.33. The molecule has 0 unspecified atom stereocenters. The Morgan fingerprint density at radius 3 is 2.36 bits per heavy atom. The summed E-state index contributed by atoms with van der Waals surface area (Å²) in [5.74, 6) is -1.86. The normalized spacial score (nSPS) is 11.4. The standard InChI is InChI=1S/C15H15F2NO3S/c16-12-7-8-14(17)15(11-12)22(20,21)18(9-4-10-19)13-5-2-1-3-6-13/h1-3,5-8,11,19H,4,9-10H2. The van der Waals surface area contributed by atoms with Crippen LogP contribution in [0.25, 0.3) is 0 Å². The van der Waals surface area contributed by atoms with Gasteiger partial charge in [-0.05, 0) is 36.8 Å². The predicted molar refractivity (Wildman–Crippen MR) is 79.0 cm³/mol. The maximum Gasteiger partial charge on any atom is 0.267 e. The smallest absolute Gasteiger partial charge is 0.267 e. The number of sulfonamides is 1. The Hall–Kier alpha value is -1.99. The Morgan fingerprint density at radius 1 is 1.05 bits per heavy atom. The van der Waals surface area contributed by atoms with E-state index in [9.17, 15) is 17.2 Å². The van der Waals surface area contributed by atoms with Crippen molar-refractivity contribution < 1.29 is 22.3 Å². The fourth-order valence-corrected chi connectivity index (χ4v) is 3.57. The largest absolute Gasteiger partial charge is 0.396 e. The van der Waals surface area contributed by atoms with E-state index in [1.165, 1.54) is 0 Å². The molecule has 2 rings (SSSR count). The second kappa shape index (κ2) is 6.85. The Kier molecular flexibility index (Phi) is 5.10. The highest BCUT2D eigenvalue weighted by molar-refractivity contribution is 7.92. The highest BCUT2D eigenvalue weighted by Crippen LogP contribution is 2.26. The first-order chi connectivity index (χ1) is 10.5. The molecule has 118 valence electrons. The van der Waals surface area contributed by atoms with Crippen LogP contribution in [0, 0.1) is 11.6 Å². The molecule has 2 aromatic rings. The van der Waals surface area contributed by atoms with Gasteiger partial charge in [-0.3, -0.25) is 4.31 Å². The van der Waals surface area contributed by atoms with Crippen LogP contribution >= 0.6 is 0 Å². The third-order valence-corrected chi connectivity index (χ3v) is 4.87. The lowest BCUT2D eigenvalue weighted by molar-refractivity contribution is 0.291. The Bertz CT molecular complexity index is 736. The van der Waals surface area contributed by atoms with E-state index in [2.05, 4.69) is 0 Å². The molecule has 0 saturated carbocycles. The van der Waals surface area contributed by atoms with Crippen molar-refractivity contribution in [3.63, 3.8) is 0 Å². The van der Waals surface area contributed by atoms with Crippen LogP contribution in [0.5, 0.6) is 0 Å². The molecule has 0 bridgehead atoms. The zero-order valence-electron chi connectivity index (χ0n) is 11.6. The van der Waals surface area contributed by atoms with Gasteiger partial charge in [0.15, 0.2) is 0 Å². The monoisotopic (exact) mass is 327 g/mol. The second-order valence-corrected chi connectivity index (χ2v) is 6.40. The van der Waals surface area contributed by atoms with Gasteiger partial charge in [0.05, 0.1) is 5.69 Å². The number of hydrogen-bond acceptors (Lipinski definition) is 3. The summed E-state index contributed by atoms with van der Waals surface area (Å²) in [5.41, 5.74) is 0.319. The zero-order chi connectivity index (χ0) is 16.2. The van der Waals surface area contributed by atoms with Gasteiger partial charge in [-0.2, -0.15) is 0 Å². The summed E-state index contributed by atoms with van der Waals surface area (Å²) in [4.78, 5) is -0.728. The number of hydrogen-bond donors (Lipinski definition) is 1. The third kappa shape index (κ3) is 3.42. The van der Waals surface area contributed by atoms with Crippen LogP contribution in [0.2, 0.25) is 0 Å². The number of aliphatic hydroxyl groups excluding tert-OH is 1. The third-order valence-electron chi connectivity index (χ3n) is 3.02. The molecule has 2 aromatic carbocycles. The van der Waals surface area contributed by atoms with Gasteiger partial charge in [-0.1, -0.05) is 18.2 Å². The van der Waals surface area contributed by atoms with Crippen LogP contribution in [0.15, 0.2) is 53.4 Å². The number of para-hydroxylation sites is 1. The zero-order valence-corrected chi connectivity index (χ0v) is 12.4. The molecular weight excluding hydrogens is 312 g/mol. The average molecular weight is 327 g/mol. The summed E-state index contributed by atoms with van der Waals surface area (Å²) in [6.07, 6.45) is 0.172. The minimum atomic E-state index is -4.27. The van der Waals surface area contributed by atoms with Gasteiger partial charge >= 0.3 is 0 Å². The Balaban J connectivity index is 2.52. The molecule has 0 spiro atoms. The topological polar surface area (TPSA) is 57.6 Å². The SMILES string of the molecule is O=S(=O)(c1cc(F)ccc1F)N(CCCO)c1ccccc1. The van der Waals surface area contributed by atoms with Crippen molar-refractivity contribution in [2.75, 3.05) is 17.5 Å². The molecule has 4 nitrogen and oxygen atoms in total. The van der Waals surface area contributed by atoms with Crippen LogP contribution < -0.4 is 4.31 Å². The van der Waals surface area contributed by atoms with E-state index in [1.807, 2.05) is 0 Å². The summed E-state index contributed by atoms with van der Waals surface area (Å²) < 4.78 is 53.4. The minimum Gasteiger partial charge on any atom is -0.396 e. The average Bonchev–Trinajstić information content (AvgIpc) is 2.51. The number of halogens is 2. The van der Waals surface area contributed by atoms with E-state index in [4.69, 9.17) is 5.11 Å². The van der Waals surface area contributed by atoms with E-state index >= 15 is 0 Å². The molecule has 0 aliphatic heterocycles. The van der Waals surface area contributed by atoms with Crippen molar-refractivity contribution in [3.05, 3.63) is 60.2 Å². The molecule has 0 atom stereocenters. The van der Waals surface area contributed by atoms with E-state index in [0.717, 1.165) is 16.4 Å². The van der Waals surface area contributed by atoms with Gasteiger partial charge in [0.25, 0.3) is 10.0 Å². The number of anilines is 1.